The summed E-state index contributed by atoms with van der Waals surface area (Å²) in [7, 11) is 1.59. The van der Waals surface area contributed by atoms with Gasteiger partial charge in [0, 0.05) is 16.8 Å². The highest BCUT2D eigenvalue weighted by molar-refractivity contribution is 6.09. The van der Waals surface area contributed by atoms with Crippen molar-refractivity contribution in [1.29, 1.82) is 0 Å². The van der Waals surface area contributed by atoms with E-state index in [0.29, 0.717) is 5.71 Å². The number of nitrogens with one attached hydrogen (secondary N) is 2. The first kappa shape index (κ1) is 20.1. The number of hydrogen-bond acceptors (Lipinski definition) is 4. The Kier molecular flexibility index (Phi) is 6.58. The number of ether oxygens (including phenoxy) is 1. The molecule has 0 heterocycles. The van der Waals surface area contributed by atoms with Crippen LogP contribution in [0.15, 0.2) is 71.8 Å². The predicted octanol–water partition coefficient (Wildman–Crippen LogP) is 3.91. The smallest absolute Gasteiger partial charge is 0.244 e. The summed E-state index contributed by atoms with van der Waals surface area (Å²) in [6, 6.07) is 20.9. The molecule has 148 valence electrons. The number of carbonyl (C=O) groups is 2. The van der Waals surface area contributed by atoms with Gasteiger partial charge in [0.15, 0.2) is 0 Å². The van der Waals surface area contributed by atoms with Crippen molar-refractivity contribution in [2.45, 2.75) is 19.8 Å². The van der Waals surface area contributed by atoms with Gasteiger partial charge in [0.1, 0.15) is 5.75 Å². The number of rotatable bonds is 7. The van der Waals surface area contributed by atoms with E-state index in [9.17, 15) is 9.59 Å². The van der Waals surface area contributed by atoms with Crippen LogP contribution in [0.3, 0.4) is 0 Å². The third kappa shape index (κ3) is 5.65. The lowest BCUT2D eigenvalue weighted by molar-refractivity contribution is -0.120. The zero-order valence-electron chi connectivity index (χ0n) is 16.4. The number of benzene rings is 3. The predicted molar refractivity (Wildman–Crippen MR) is 115 cm³/mol. The fraction of sp³-hybridized carbons (Fsp3) is 0.174. The van der Waals surface area contributed by atoms with Gasteiger partial charge in [-0.3, -0.25) is 9.59 Å². The average molecular weight is 389 g/mol. The number of carbonyl (C=O) groups excluding carboxylic acids is 2. The maximum atomic E-state index is 12.3. The molecule has 0 aliphatic heterocycles. The molecule has 6 nitrogen and oxygen atoms in total. The van der Waals surface area contributed by atoms with Crippen LogP contribution in [0.4, 0.5) is 5.69 Å². The maximum absolute atomic E-state index is 12.3. The highest BCUT2D eigenvalue weighted by atomic mass is 16.5. The van der Waals surface area contributed by atoms with Gasteiger partial charge in [-0.15, -0.1) is 0 Å². The Morgan fingerprint density at radius 1 is 0.931 bits per heavy atom. The largest absolute Gasteiger partial charge is 0.497 e. The van der Waals surface area contributed by atoms with E-state index in [0.717, 1.165) is 27.8 Å². The molecule has 0 bridgehead atoms. The first-order valence-corrected chi connectivity index (χ1v) is 9.27. The van der Waals surface area contributed by atoms with Crippen LogP contribution in [0.25, 0.3) is 10.8 Å². The summed E-state index contributed by atoms with van der Waals surface area (Å²) in [5.74, 6) is 0.302. The number of methoxy groups -OCH3 is 1. The Balaban J connectivity index is 1.53. The van der Waals surface area contributed by atoms with Crippen molar-refractivity contribution in [1.82, 2.24) is 5.43 Å². The van der Waals surface area contributed by atoms with Crippen LogP contribution in [0, 0.1) is 0 Å². The molecule has 0 spiro atoms. The SMILES string of the molecule is COc1ccc(CC(=O)NN=C(C)CC(=O)Nc2cccc3ccccc23)cc1. The minimum atomic E-state index is -0.246. The highest BCUT2D eigenvalue weighted by Crippen LogP contribution is 2.23. The van der Waals surface area contributed by atoms with Gasteiger partial charge in [0.2, 0.25) is 11.8 Å². The van der Waals surface area contributed by atoms with Crippen LogP contribution in [0.2, 0.25) is 0 Å². The molecule has 2 amide bonds. The number of anilines is 1. The molecule has 3 aromatic rings. The van der Waals surface area contributed by atoms with Gasteiger partial charge in [0.25, 0.3) is 0 Å². The van der Waals surface area contributed by atoms with Crippen LogP contribution in [0.5, 0.6) is 5.75 Å². The molecular weight excluding hydrogens is 366 g/mol. The normalized spacial score (nSPS) is 11.2. The fourth-order valence-corrected chi connectivity index (χ4v) is 2.93. The zero-order valence-corrected chi connectivity index (χ0v) is 16.4. The molecule has 0 aliphatic rings. The van der Waals surface area contributed by atoms with Crippen molar-refractivity contribution < 1.29 is 14.3 Å². The van der Waals surface area contributed by atoms with Crippen molar-refractivity contribution in [3.8, 4) is 5.75 Å². The van der Waals surface area contributed by atoms with Crippen molar-refractivity contribution in [3.05, 3.63) is 72.3 Å². The molecular formula is C23H23N3O3. The lowest BCUT2D eigenvalue weighted by Gasteiger charge is -2.09. The first-order valence-electron chi connectivity index (χ1n) is 9.27. The van der Waals surface area contributed by atoms with Crippen molar-refractivity contribution in [2.24, 2.45) is 5.10 Å². The quantitative estimate of drug-likeness (QED) is 0.475. The van der Waals surface area contributed by atoms with Crippen LogP contribution < -0.4 is 15.5 Å². The fourth-order valence-electron chi connectivity index (χ4n) is 2.93. The Morgan fingerprint density at radius 3 is 2.41 bits per heavy atom. The van der Waals surface area contributed by atoms with Crippen molar-refractivity contribution in [3.63, 3.8) is 0 Å². The number of fused-ring (bicyclic) bond motifs is 1. The van der Waals surface area contributed by atoms with Crippen molar-refractivity contribution in [2.75, 3.05) is 12.4 Å². The maximum Gasteiger partial charge on any atom is 0.244 e. The molecule has 3 rings (SSSR count). The molecule has 0 atom stereocenters. The molecule has 0 aromatic heterocycles. The Labute approximate surface area is 169 Å². The van der Waals surface area contributed by atoms with Gasteiger partial charge in [-0.05, 0) is 36.1 Å². The van der Waals surface area contributed by atoms with E-state index in [1.165, 1.54) is 0 Å². The number of amides is 2. The molecule has 0 radical (unpaired) electrons. The van der Waals surface area contributed by atoms with Gasteiger partial charge in [-0.2, -0.15) is 5.10 Å². The molecule has 2 N–H and O–H groups in total. The van der Waals surface area contributed by atoms with E-state index in [1.54, 1.807) is 26.2 Å². The van der Waals surface area contributed by atoms with Crippen LogP contribution >= 0.6 is 0 Å². The Hall–Kier alpha value is -3.67. The third-order valence-electron chi connectivity index (χ3n) is 4.38. The van der Waals surface area contributed by atoms with Gasteiger partial charge in [0.05, 0.1) is 20.0 Å². The number of hydrazone groups is 1. The molecule has 29 heavy (non-hydrogen) atoms. The van der Waals surface area contributed by atoms with Crippen molar-refractivity contribution >= 4 is 34.0 Å². The van der Waals surface area contributed by atoms with E-state index in [1.807, 2.05) is 54.6 Å². The van der Waals surface area contributed by atoms with Crippen LogP contribution in [-0.2, 0) is 16.0 Å². The van der Waals surface area contributed by atoms with E-state index >= 15 is 0 Å². The van der Waals surface area contributed by atoms with Crippen LogP contribution in [-0.4, -0.2) is 24.6 Å². The van der Waals surface area contributed by atoms with E-state index in [4.69, 9.17) is 4.74 Å². The second-order valence-electron chi connectivity index (χ2n) is 6.66. The van der Waals surface area contributed by atoms with Gasteiger partial charge >= 0.3 is 0 Å². The summed E-state index contributed by atoms with van der Waals surface area (Å²) in [5.41, 5.74) is 4.62. The molecule has 0 aliphatic carbocycles. The minimum Gasteiger partial charge on any atom is -0.497 e. The van der Waals surface area contributed by atoms with E-state index in [2.05, 4.69) is 15.8 Å². The van der Waals surface area contributed by atoms with Crippen LogP contribution in [0.1, 0.15) is 18.9 Å². The number of nitrogens with zero attached hydrogens (tertiary/aromatic N) is 1. The topological polar surface area (TPSA) is 79.8 Å². The van der Waals surface area contributed by atoms with E-state index < -0.39 is 0 Å². The summed E-state index contributed by atoms with van der Waals surface area (Å²) in [5, 5.41) is 8.97. The lowest BCUT2D eigenvalue weighted by Crippen LogP contribution is -2.22. The summed E-state index contributed by atoms with van der Waals surface area (Å²) >= 11 is 0. The van der Waals surface area contributed by atoms with E-state index in [-0.39, 0.29) is 24.7 Å². The molecule has 0 fully saturated rings. The minimum absolute atomic E-state index is 0.0893. The second-order valence-corrected chi connectivity index (χ2v) is 6.66. The molecule has 0 unspecified atom stereocenters. The summed E-state index contributed by atoms with van der Waals surface area (Å²) in [6.45, 7) is 1.70. The summed E-state index contributed by atoms with van der Waals surface area (Å²) < 4.78 is 5.10. The highest BCUT2D eigenvalue weighted by Gasteiger charge is 2.08. The summed E-state index contributed by atoms with van der Waals surface area (Å²) in [4.78, 5) is 24.4. The third-order valence-corrected chi connectivity index (χ3v) is 4.38. The molecule has 0 saturated carbocycles. The molecule has 0 saturated heterocycles. The summed E-state index contributed by atoms with van der Waals surface area (Å²) in [6.07, 6.45) is 0.287. The Morgan fingerprint density at radius 2 is 1.66 bits per heavy atom. The average Bonchev–Trinajstić information content (AvgIpc) is 2.73. The van der Waals surface area contributed by atoms with Gasteiger partial charge in [-0.25, -0.2) is 5.43 Å². The lowest BCUT2D eigenvalue weighted by atomic mass is 10.1. The number of hydrogen-bond donors (Lipinski definition) is 2. The monoisotopic (exact) mass is 389 g/mol. The Bertz CT molecular complexity index is 1040. The second kappa shape index (κ2) is 9.50. The van der Waals surface area contributed by atoms with Gasteiger partial charge in [-0.1, -0.05) is 48.5 Å². The van der Waals surface area contributed by atoms with Gasteiger partial charge < -0.3 is 10.1 Å². The molecule has 3 aromatic carbocycles. The zero-order chi connectivity index (χ0) is 20.6. The first-order chi connectivity index (χ1) is 14.0. The molecule has 6 heteroatoms. The standard InChI is InChI=1S/C23H23N3O3/c1-16(25-26-23(28)15-17-10-12-19(29-2)13-11-17)14-22(27)24-21-9-5-7-18-6-3-4-8-20(18)21/h3-13H,14-15H2,1-2H3,(H,24,27)(H,26,28).